The van der Waals surface area contributed by atoms with Crippen LogP contribution in [0.4, 0.5) is 4.79 Å². The summed E-state index contributed by atoms with van der Waals surface area (Å²) in [4.78, 5) is 10.2. The fourth-order valence-electron chi connectivity index (χ4n) is 1.37. The van der Waals surface area contributed by atoms with Crippen LogP contribution in [0.3, 0.4) is 0 Å². The van der Waals surface area contributed by atoms with Crippen molar-refractivity contribution in [3.05, 3.63) is 72.6 Å². The SMILES string of the molecule is C1=CC=CNC=C1.C1CCC1.O=C(Cl)OCc1ccccc1. The Morgan fingerprint density at radius 2 is 1.50 bits per heavy atom. The summed E-state index contributed by atoms with van der Waals surface area (Å²) in [7, 11) is 0. The zero-order chi connectivity index (χ0) is 15.9. The van der Waals surface area contributed by atoms with Gasteiger partial charge in [0.25, 0.3) is 0 Å². The Hall–Kier alpha value is -2.00. The van der Waals surface area contributed by atoms with Crippen molar-refractivity contribution in [1.29, 1.82) is 0 Å². The van der Waals surface area contributed by atoms with E-state index in [1.807, 2.05) is 67.0 Å². The number of benzene rings is 1. The lowest BCUT2D eigenvalue weighted by atomic mass is 10.0. The molecule has 1 fully saturated rings. The van der Waals surface area contributed by atoms with Crippen LogP contribution in [-0.2, 0) is 11.3 Å². The minimum absolute atomic E-state index is 0.239. The Morgan fingerprint density at radius 3 is 1.95 bits per heavy atom. The van der Waals surface area contributed by atoms with E-state index in [9.17, 15) is 4.79 Å². The van der Waals surface area contributed by atoms with Crippen LogP contribution >= 0.6 is 11.6 Å². The van der Waals surface area contributed by atoms with Crippen LogP contribution in [0.5, 0.6) is 0 Å². The summed E-state index contributed by atoms with van der Waals surface area (Å²) < 4.78 is 4.55. The maximum atomic E-state index is 10.2. The summed E-state index contributed by atoms with van der Waals surface area (Å²) in [5.74, 6) is 0. The molecule has 0 aromatic heterocycles. The van der Waals surface area contributed by atoms with Crippen molar-refractivity contribution in [2.75, 3.05) is 0 Å². The lowest BCUT2D eigenvalue weighted by molar-refractivity contribution is 0.167. The third-order valence-corrected chi connectivity index (χ3v) is 3.02. The molecule has 1 aliphatic carbocycles. The molecule has 2 aliphatic rings. The van der Waals surface area contributed by atoms with Crippen molar-refractivity contribution in [2.45, 2.75) is 32.3 Å². The lowest BCUT2D eigenvalue weighted by Crippen LogP contribution is -1.93. The number of allylic oxidation sites excluding steroid dienone is 4. The Labute approximate surface area is 137 Å². The smallest absolute Gasteiger partial charge is 0.404 e. The van der Waals surface area contributed by atoms with E-state index in [0.717, 1.165) is 5.56 Å². The first-order valence-corrected chi connectivity index (χ1v) is 7.77. The van der Waals surface area contributed by atoms with E-state index in [4.69, 9.17) is 11.6 Å². The summed E-state index contributed by atoms with van der Waals surface area (Å²) in [5.41, 5.74) is 0.162. The van der Waals surface area contributed by atoms with Gasteiger partial charge < -0.3 is 10.1 Å². The number of nitrogens with one attached hydrogen (secondary N) is 1. The third-order valence-electron chi connectivity index (χ3n) is 2.91. The van der Waals surface area contributed by atoms with Gasteiger partial charge >= 0.3 is 5.43 Å². The van der Waals surface area contributed by atoms with Crippen LogP contribution < -0.4 is 5.32 Å². The molecule has 118 valence electrons. The molecular weight excluding hydrogens is 298 g/mol. The van der Waals surface area contributed by atoms with E-state index in [2.05, 4.69) is 10.1 Å². The summed E-state index contributed by atoms with van der Waals surface area (Å²) in [6.07, 6.45) is 17.6. The van der Waals surface area contributed by atoms with Gasteiger partial charge in [-0.1, -0.05) is 68.2 Å². The van der Waals surface area contributed by atoms with Gasteiger partial charge in [0.05, 0.1) is 0 Å². The Bertz CT molecular complexity index is 473. The first kappa shape index (κ1) is 18.1. The molecule has 0 amide bonds. The number of hydrogen-bond donors (Lipinski definition) is 1. The fourth-order valence-corrected chi connectivity index (χ4v) is 1.42. The molecule has 0 bridgehead atoms. The Kier molecular flexibility index (Phi) is 10.4. The van der Waals surface area contributed by atoms with Crippen LogP contribution in [0.2, 0.25) is 0 Å². The van der Waals surface area contributed by atoms with Crippen LogP contribution in [0, 0.1) is 0 Å². The minimum Gasteiger partial charge on any atom is -0.449 e. The van der Waals surface area contributed by atoms with Crippen molar-refractivity contribution >= 4 is 17.0 Å². The van der Waals surface area contributed by atoms with Crippen LogP contribution in [0.1, 0.15) is 31.2 Å². The molecule has 0 atom stereocenters. The van der Waals surface area contributed by atoms with E-state index in [1.165, 1.54) is 25.7 Å². The maximum absolute atomic E-state index is 10.2. The van der Waals surface area contributed by atoms with Gasteiger partial charge in [-0.15, -0.1) is 0 Å². The first-order valence-electron chi connectivity index (χ1n) is 7.39. The Balaban J connectivity index is 0.000000186. The van der Waals surface area contributed by atoms with Gasteiger partial charge in [0.1, 0.15) is 6.61 Å². The van der Waals surface area contributed by atoms with Crippen molar-refractivity contribution in [1.82, 2.24) is 5.32 Å². The number of ether oxygens (including phenoxy) is 1. The average Bonchev–Trinajstić information content (AvgIpc) is 2.78. The highest BCUT2D eigenvalue weighted by molar-refractivity contribution is 6.61. The zero-order valence-electron chi connectivity index (χ0n) is 12.6. The Morgan fingerprint density at radius 1 is 0.955 bits per heavy atom. The molecule has 0 radical (unpaired) electrons. The van der Waals surface area contributed by atoms with Gasteiger partial charge in [-0.2, -0.15) is 0 Å². The molecule has 1 saturated carbocycles. The minimum atomic E-state index is -0.770. The monoisotopic (exact) mass is 319 g/mol. The van der Waals surface area contributed by atoms with Gasteiger partial charge in [0.15, 0.2) is 0 Å². The fraction of sp³-hybridized carbons (Fsp3) is 0.278. The molecule has 0 spiro atoms. The molecule has 3 nitrogen and oxygen atoms in total. The summed E-state index contributed by atoms with van der Waals surface area (Å²) in [5, 5.41) is 2.92. The number of halogens is 1. The standard InChI is InChI=1S/C8H7ClO2.C6H7N.C4H8/c9-8(10)11-6-7-4-2-1-3-5-7;1-2-4-6-7-5-3-1;1-2-4-3-1/h1-5H,6H2;1-7H;1-4H2. The normalized spacial score (nSPS) is 14.0. The molecule has 4 heteroatoms. The van der Waals surface area contributed by atoms with Crippen LogP contribution in [-0.4, -0.2) is 5.43 Å². The maximum Gasteiger partial charge on any atom is 0.404 e. The number of carbonyl (C=O) groups excluding carboxylic acids is 1. The summed E-state index contributed by atoms with van der Waals surface area (Å²) in [6, 6.07) is 9.36. The van der Waals surface area contributed by atoms with E-state index in [1.54, 1.807) is 0 Å². The predicted molar refractivity (Wildman–Crippen MR) is 91.5 cm³/mol. The molecule has 3 rings (SSSR count). The van der Waals surface area contributed by atoms with Crippen LogP contribution in [0.15, 0.2) is 67.0 Å². The van der Waals surface area contributed by atoms with Gasteiger partial charge in [0.2, 0.25) is 0 Å². The molecule has 22 heavy (non-hydrogen) atoms. The van der Waals surface area contributed by atoms with Crippen molar-refractivity contribution in [2.24, 2.45) is 0 Å². The predicted octanol–water partition coefficient (Wildman–Crippen LogP) is 5.30. The second kappa shape index (κ2) is 12.7. The number of hydrogen-bond acceptors (Lipinski definition) is 3. The molecule has 1 aromatic carbocycles. The quantitative estimate of drug-likeness (QED) is 0.752. The molecule has 1 N–H and O–H groups in total. The lowest BCUT2D eigenvalue weighted by Gasteiger charge is -2.05. The highest BCUT2D eigenvalue weighted by Gasteiger charge is 1.95. The van der Waals surface area contributed by atoms with Crippen molar-refractivity contribution in [3.8, 4) is 0 Å². The molecule has 0 unspecified atom stereocenters. The third kappa shape index (κ3) is 10.7. The van der Waals surface area contributed by atoms with Gasteiger partial charge in [0, 0.05) is 24.0 Å². The topological polar surface area (TPSA) is 38.3 Å². The van der Waals surface area contributed by atoms with Gasteiger partial charge in [-0.05, 0) is 17.7 Å². The molecule has 1 heterocycles. The molecule has 1 aromatic rings. The molecule has 0 saturated heterocycles. The zero-order valence-corrected chi connectivity index (χ0v) is 13.3. The second-order valence-electron chi connectivity index (χ2n) is 4.70. The molecule has 1 aliphatic heterocycles. The summed E-state index contributed by atoms with van der Waals surface area (Å²) >= 11 is 4.97. The van der Waals surface area contributed by atoms with Crippen molar-refractivity contribution < 1.29 is 9.53 Å². The summed E-state index contributed by atoms with van der Waals surface area (Å²) in [6.45, 7) is 0.239. The van der Waals surface area contributed by atoms with E-state index < -0.39 is 5.43 Å². The van der Waals surface area contributed by atoms with Gasteiger partial charge in [-0.25, -0.2) is 4.79 Å². The second-order valence-corrected chi connectivity index (χ2v) is 5.00. The van der Waals surface area contributed by atoms with Crippen molar-refractivity contribution in [3.63, 3.8) is 0 Å². The molecular formula is C18H22ClNO2. The van der Waals surface area contributed by atoms with E-state index >= 15 is 0 Å². The highest BCUT2D eigenvalue weighted by Crippen LogP contribution is 2.15. The number of rotatable bonds is 2. The van der Waals surface area contributed by atoms with Gasteiger partial charge in [-0.3, -0.25) is 0 Å². The average molecular weight is 320 g/mol. The number of carbonyl (C=O) groups is 1. The highest BCUT2D eigenvalue weighted by atomic mass is 35.5. The first-order chi connectivity index (χ1) is 10.8. The largest absolute Gasteiger partial charge is 0.449 e. The van der Waals surface area contributed by atoms with E-state index in [-0.39, 0.29) is 6.61 Å². The van der Waals surface area contributed by atoms with E-state index in [0.29, 0.717) is 0 Å². The van der Waals surface area contributed by atoms with Crippen LogP contribution in [0.25, 0.3) is 0 Å².